The summed E-state index contributed by atoms with van der Waals surface area (Å²) in [6.07, 6.45) is 0. The van der Waals surface area contributed by atoms with Gasteiger partial charge >= 0.3 is 0 Å². The Morgan fingerprint density at radius 1 is 1.00 bits per heavy atom. The molecule has 4 nitrogen and oxygen atoms in total. The molecule has 3 rings (SSSR count). The molecule has 144 valence electrons. The molecule has 4 heteroatoms. The molecule has 0 aliphatic carbocycles. The molecule has 0 radical (unpaired) electrons. The third kappa shape index (κ3) is 5.41. The van der Waals surface area contributed by atoms with E-state index in [1.54, 1.807) is 0 Å². The zero-order valence-corrected chi connectivity index (χ0v) is 16.6. The summed E-state index contributed by atoms with van der Waals surface area (Å²) in [6, 6.07) is 16.3. The Bertz CT molecular complexity index is 732. The largest absolute Gasteiger partial charge is 0.379 e. The van der Waals surface area contributed by atoms with E-state index < -0.39 is 0 Å². The second-order valence-electron chi connectivity index (χ2n) is 7.63. The van der Waals surface area contributed by atoms with Gasteiger partial charge < -0.3 is 10.1 Å². The van der Waals surface area contributed by atoms with Crippen molar-refractivity contribution in [3.63, 3.8) is 0 Å². The topological polar surface area (TPSA) is 41.6 Å². The van der Waals surface area contributed by atoms with Crippen molar-refractivity contribution in [2.75, 3.05) is 32.8 Å². The normalized spacial score (nSPS) is 16.3. The van der Waals surface area contributed by atoms with Crippen LogP contribution in [-0.4, -0.2) is 43.7 Å². The first-order chi connectivity index (χ1) is 13.0. The molecule has 1 aliphatic heterocycles. The van der Waals surface area contributed by atoms with Crippen molar-refractivity contribution in [2.45, 2.75) is 32.7 Å². The van der Waals surface area contributed by atoms with Crippen LogP contribution in [0.1, 0.15) is 52.9 Å². The molecule has 1 fully saturated rings. The number of benzene rings is 2. The lowest BCUT2D eigenvalue weighted by atomic mass is 10.0. The number of amides is 1. The average molecular weight is 367 g/mol. The number of hydrogen-bond acceptors (Lipinski definition) is 3. The minimum Gasteiger partial charge on any atom is -0.379 e. The van der Waals surface area contributed by atoms with Gasteiger partial charge in [-0.25, -0.2) is 0 Å². The molecule has 0 aromatic heterocycles. The predicted molar refractivity (Wildman–Crippen MR) is 109 cm³/mol. The number of nitrogens with one attached hydrogen (secondary N) is 1. The average Bonchev–Trinajstić information content (AvgIpc) is 2.69. The van der Waals surface area contributed by atoms with Crippen LogP contribution in [0.25, 0.3) is 0 Å². The lowest BCUT2D eigenvalue weighted by molar-refractivity contribution is 0.0332. The van der Waals surface area contributed by atoms with Crippen LogP contribution >= 0.6 is 0 Å². The SMILES string of the molecule is Cc1ccc([C@H](CN2CCOCC2)NC(=O)c2ccc(C(C)C)cc2)cc1. The molecule has 1 saturated heterocycles. The second kappa shape index (κ2) is 9.16. The Morgan fingerprint density at radius 3 is 2.19 bits per heavy atom. The summed E-state index contributed by atoms with van der Waals surface area (Å²) in [6.45, 7) is 10.5. The van der Waals surface area contributed by atoms with Crippen molar-refractivity contribution in [3.8, 4) is 0 Å². The molecule has 1 heterocycles. The standard InChI is InChI=1S/C23H30N2O2/c1-17(2)19-8-10-21(11-9-19)23(26)24-22(16-25-12-14-27-15-13-25)20-6-4-18(3)5-7-20/h4-11,17,22H,12-16H2,1-3H3,(H,24,26)/t22-/m0/s1. The van der Waals surface area contributed by atoms with Crippen molar-refractivity contribution < 1.29 is 9.53 Å². The Kier molecular flexibility index (Phi) is 6.64. The van der Waals surface area contributed by atoms with E-state index in [-0.39, 0.29) is 11.9 Å². The van der Waals surface area contributed by atoms with E-state index in [0.717, 1.165) is 38.4 Å². The summed E-state index contributed by atoms with van der Waals surface area (Å²) >= 11 is 0. The third-order valence-electron chi connectivity index (χ3n) is 5.17. The minimum absolute atomic E-state index is 0.0239. The van der Waals surface area contributed by atoms with Crippen LogP contribution in [0.3, 0.4) is 0 Å². The predicted octanol–water partition coefficient (Wildman–Crippen LogP) is 3.92. The van der Waals surface area contributed by atoms with Gasteiger partial charge in [0.05, 0.1) is 19.3 Å². The smallest absolute Gasteiger partial charge is 0.251 e. The van der Waals surface area contributed by atoms with Crippen LogP contribution in [0.4, 0.5) is 0 Å². The van der Waals surface area contributed by atoms with Gasteiger partial charge in [0.25, 0.3) is 5.91 Å². The van der Waals surface area contributed by atoms with Gasteiger partial charge in [-0.1, -0.05) is 55.8 Å². The third-order valence-corrected chi connectivity index (χ3v) is 5.17. The molecule has 0 spiro atoms. The Balaban J connectivity index is 1.74. The fourth-order valence-electron chi connectivity index (χ4n) is 3.34. The Labute approximate surface area is 162 Å². The van der Waals surface area contributed by atoms with Crippen molar-refractivity contribution in [1.29, 1.82) is 0 Å². The Morgan fingerprint density at radius 2 is 1.59 bits per heavy atom. The number of carbonyl (C=O) groups is 1. The van der Waals surface area contributed by atoms with Crippen LogP contribution in [0, 0.1) is 6.92 Å². The zero-order valence-electron chi connectivity index (χ0n) is 16.6. The lowest BCUT2D eigenvalue weighted by Crippen LogP contribution is -2.43. The molecule has 2 aromatic rings. The molecule has 0 unspecified atom stereocenters. The van der Waals surface area contributed by atoms with E-state index in [2.05, 4.69) is 55.3 Å². The van der Waals surface area contributed by atoms with E-state index in [0.29, 0.717) is 11.5 Å². The molecule has 2 aromatic carbocycles. The molecule has 1 N–H and O–H groups in total. The fourth-order valence-corrected chi connectivity index (χ4v) is 3.34. The second-order valence-corrected chi connectivity index (χ2v) is 7.63. The lowest BCUT2D eigenvalue weighted by Gasteiger charge is -2.31. The molecule has 27 heavy (non-hydrogen) atoms. The summed E-state index contributed by atoms with van der Waals surface area (Å²) in [5, 5.41) is 3.24. The zero-order chi connectivity index (χ0) is 19.2. The molecular weight excluding hydrogens is 336 g/mol. The summed E-state index contributed by atoms with van der Waals surface area (Å²) in [4.78, 5) is 15.2. The van der Waals surface area contributed by atoms with Gasteiger partial charge in [0.1, 0.15) is 0 Å². The van der Waals surface area contributed by atoms with E-state index in [1.165, 1.54) is 11.1 Å². The monoisotopic (exact) mass is 366 g/mol. The van der Waals surface area contributed by atoms with Gasteiger partial charge in [-0.05, 0) is 36.1 Å². The number of aryl methyl sites for hydroxylation is 1. The first kappa shape index (κ1) is 19.6. The van der Waals surface area contributed by atoms with Gasteiger partial charge in [-0.3, -0.25) is 9.69 Å². The first-order valence-corrected chi connectivity index (χ1v) is 9.80. The molecule has 1 atom stereocenters. The minimum atomic E-state index is -0.0408. The fraction of sp³-hybridized carbons (Fsp3) is 0.435. The molecule has 1 amide bonds. The van der Waals surface area contributed by atoms with E-state index in [9.17, 15) is 4.79 Å². The van der Waals surface area contributed by atoms with Crippen LogP contribution in [0.5, 0.6) is 0 Å². The number of hydrogen-bond donors (Lipinski definition) is 1. The van der Waals surface area contributed by atoms with Crippen molar-refractivity contribution in [1.82, 2.24) is 10.2 Å². The van der Waals surface area contributed by atoms with Gasteiger partial charge in [-0.15, -0.1) is 0 Å². The van der Waals surface area contributed by atoms with E-state index in [4.69, 9.17) is 4.74 Å². The van der Waals surface area contributed by atoms with Crippen molar-refractivity contribution in [3.05, 3.63) is 70.8 Å². The Hall–Kier alpha value is -2.17. The summed E-state index contributed by atoms with van der Waals surface area (Å²) in [5.74, 6) is 0.438. The maximum atomic E-state index is 12.9. The highest BCUT2D eigenvalue weighted by molar-refractivity contribution is 5.94. The highest BCUT2D eigenvalue weighted by Gasteiger charge is 2.21. The highest BCUT2D eigenvalue weighted by Crippen LogP contribution is 2.19. The van der Waals surface area contributed by atoms with Crippen molar-refractivity contribution in [2.24, 2.45) is 0 Å². The number of rotatable bonds is 6. The van der Waals surface area contributed by atoms with Crippen LogP contribution in [0.2, 0.25) is 0 Å². The summed E-state index contributed by atoms with van der Waals surface area (Å²) < 4.78 is 5.45. The number of carbonyl (C=O) groups excluding carboxylic acids is 1. The van der Waals surface area contributed by atoms with Gasteiger partial charge in [0, 0.05) is 25.2 Å². The van der Waals surface area contributed by atoms with Crippen LogP contribution in [-0.2, 0) is 4.74 Å². The van der Waals surface area contributed by atoms with E-state index >= 15 is 0 Å². The molecular formula is C23H30N2O2. The quantitative estimate of drug-likeness (QED) is 0.842. The number of nitrogens with zero attached hydrogens (tertiary/aromatic N) is 1. The van der Waals surface area contributed by atoms with Crippen molar-refractivity contribution >= 4 is 5.91 Å². The maximum absolute atomic E-state index is 12.9. The maximum Gasteiger partial charge on any atom is 0.251 e. The van der Waals surface area contributed by atoms with Gasteiger partial charge in [0.2, 0.25) is 0 Å². The summed E-state index contributed by atoms with van der Waals surface area (Å²) in [5.41, 5.74) is 4.31. The summed E-state index contributed by atoms with van der Waals surface area (Å²) in [7, 11) is 0. The highest BCUT2D eigenvalue weighted by atomic mass is 16.5. The first-order valence-electron chi connectivity index (χ1n) is 9.80. The van der Waals surface area contributed by atoms with Gasteiger partial charge in [0.15, 0.2) is 0 Å². The van der Waals surface area contributed by atoms with Crippen LogP contribution in [0.15, 0.2) is 48.5 Å². The molecule has 1 aliphatic rings. The van der Waals surface area contributed by atoms with Gasteiger partial charge in [-0.2, -0.15) is 0 Å². The van der Waals surface area contributed by atoms with Crippen LogP contribution < -0.4 is 5.32 Å². The van der Waals surface area contributed by atoms with E-state index in [1.807, 2.05) is 24.3 Å². The number of ether oxygens (including phenoxy) is 1. The number of morpholine rings is 1. The molecule has 0 saturated carbocycles. The molecule has 0 bridgehead atoms.